The zero-order valence-corrected chi connectivity index (χ0v) is 15.0. The molecule has 1 aliphatic rings. The Morgan fingerprint density at radius 1 is 1.39 bits per heavy atom. The van der Waals surface area contributed by atoms with Crippen LogP contribution in [-0.4, -0.2) is 29.9 Å². The smallest absolute Gasteiger partial charge is 0.225 e. The van der Waals surface area contributed by atoms with Gasteiger partial charge in [-0.15, -0.1) is 0 Å². The molecule has 5 heteroatoms. The quantitative estimate of drug-likeness (QED) is 0.897. The van der Waals surface area contributed by atoms with Crippen LogP contribution >= 0.6 is 11.6 Å². The molecule has 1 aliphatic heterocycles. The lowest BCUT2D eigenvalue weighted by atomic mass is 9.91. The molecule has 1 N–H and O–H groups in total. The molecule has 1 aromatic rings. The number of benzene rings is 1. The van der Waals surface area contributed by atoms with Crippen LogP contribution in [0.25, 0.3) is 0 Å². The van der Waals surface area contributed by atoms with Gasteiger partial charge in [-0.1, -0.05) is 38.4 Å². The molecule has 0 saturated carbocycles. The van der Waals surface area contributed by atoms with Gasteiger partial charge in [-0.05, 0) is 37.0 Å². The lowest BCUT2D eigenvalue weighted by Crippen LogP contribution is -2.51. The van der Waals surface area contributed by atoms with Gasteiger partial charge in [0, 0.05) is 31.1 Å². The van der Waals surface area contributed by atoms with Crippen LogP contribution in [0.2, 0.25) is 5.02 Å². The zero-order valence-electron chi connectivity index (χ0n) is 14.3. The number of hydrogen-bond donors (Lipinski definition) is 1. The Bertz CT molecular complexity index is 564. The number of carbonyl (C=O) groups is 1. The predicted molar refractivity (Wildman–Crippen MR) is 91.9 cm³/mol. The first kappa shape index (κ1) is 18.2. The third-order valence-electron chi connectivity index (χ3n) is 4.62. The summed E-state index contributed by atoms with van der Waals surface area (Å²) in [7, 11) is 0. The van der Waals surface area contributed by atoms with Gasteiger partial charge < -0.3 is 10.2 Å². The highest BCUT2D eigenvalue weighted by Crippen LogP contribution is 2.24. The van der Waals surface area contributed by atoms with E-state index in [0.717, 1.165) is 25.1 Å². The molecule has 23 heavy (non-hydrogen) atoms. The molecule has 1 heterocycles. The Kier molecular flexibility index (Phi) is 6.04. The Morgan fingerprint density at radius 3 is 2.65 bits per heavy atom. The number of halogens is 2. The molecule has 1 aromatic carbocycles. The fraction of sp³-hybridized carbons (Fsp3) is 0.611. The summed E-state index contributed by atoms with van der Waals surface area (Å²) in [6.07, 6.45) is 0.929. The van der Waals surface area contributed by atoms with Crippen molar-refractivity contribution >= 4 is 17.5 Å². The van der Waals surface area contributed by atoms with Crippen molar-refractivity contribution in [1.29, 1.82) is 0 Å². The summed E-state index contributed by atoms with van der Waals surface area (Å²) >= 11 is 5.87. The van der Waals surface area contributed by atoms with E-state index in [2.05, 4.69) is 19.2 Å². The van der Waals surface area contributed by atoms with E-state index in [0.29, 0.717) is 12.0 Å². The van der Waals surface area contributed by atoms with Crippen molar-refractivity contribution < 1.29 is 9.18 Å². The summed E-state index contributed by atoms with van der Waals surface area (Å²) in [6, 6.07) is 5.28. The molecule has 0 aromatic heterocycles. The number of hydrogen-bond acceptors (Lipinski definition) is 2. The number of carbonyl (C=O) groups excluding carboxylic acids is 1. The summed E-state index contributed by atoms with van der Waals surface area (Å²) in [6.45, 7) is 9.68. The summed E-state index contributed by atoms with van der Waals surface area (Å²) in [5, 5.41) is 3.76. The predicted octanol–water partition coefficient (Wildman–Crippen LogP) is 4.02. The Hall–Kier alpha value is -1.13. The van der Waals surface area contributed by atoms with Gasteiger partial charge in [-0.3, -0.25) is 4.79 Å². The van der Waals surface area contributed by atoms with Crippen molar-refractivity contribution in [3.8, 4) is 0 Å². The van der Waals surface area contributed by atoms with E-state index in [4.69, 9.17) is 11.6 Å². The van der Waals surface area contributed by atoms with E-state index in [1.807, 2.05) is 18.7 Å². The Labute approximate surface area is 143 Å². The molecule has 1 saturated heterocycles. The standard InChI is InChI=1S/C18H26ClFN2O/c1-11(2)18(23)22-8-7-17(12(3)10-22)21-13(4)14-5-6-16(20)15(19)9-14/h5-6,9,11-13,17,21H,7-8,10H2,1-4H3/t12-,13-,17+/m1/s1. The van der Waals surface area contributed by atoms with Gasteiger partial charge in [0.1, 0.15) is 5.82 Å². The van der Waals surface area contributed by atoms with E-state index in [-0.39, 0.29) is 22.9 Å². The number of likely N-dealkylation sites (tertiary alicyclic amines) is 1. The first-order chi connectivity index (χ1) is 10.8. The van der Waals surface area contributed by atoms with Crippen LogP contribution in [-0.2, 0) is 4.79 Å². The van der Waals surface area contributed by atoms with Crippen LogP contribution < -0.4 is 5.32 Å². The number of rotatable bonds is 4. The van der Waals surface area contributed by atoms with E-state index >= 15 is 0 Å². The highest BCUT2D eigenvalue weighted by molar-refractivity contribution is 6.30. The molecule has 0 spiro atoms. The van der Waals surface area contributed by atoms with Crippen molar-refractivity contribution in [2.24, 2.45) is 11.8 Å². The molecule has 128 valence electrons. The van der Waals surface area contributed by atoms with Crippen LogP contribution in [0.1, 0.15) is 45.7 Å². The van der Waals surface area contributed by atoms with Crippen molar-refractivity contribution in [1.82, 2.24) is 10.2 Å². The maximum Gasteiger partial charge on any atom is 0.225 e. The lowest BCUT2D eigenvalue weighted by Gasteiger charge is -2.39. The van der Waals surface area contributed by atoms with Gasteiger partial charge in [0.2, 0.25) is 5.91 Å². The third-order valence-corrected chi connectivity index (χ3v) is 4.91. The fourth-order valence-corrected chi connectivity index (χ4v) is 3.35. The van der Waals surface area contributed by atoms with Crippen LogP contribution in [0.5, 0.6) is 0 Å². The summed E-state index contributed by atoms with van der Waals surface area (Å²) in [4.78, 5) is 14.1. The monoisotopic (exact) mass is 340 g/mol. The molecule has 3 atom stereocenters. The summed E-state index contributed by atoms with van der Waals surface area (Å²) in [5.41, 5.74) is 0.976. The van der Waals surface area contributed by atoms with E-state index in [9.17, 15) is 9.18 Å². The van der Waals surface area contributed by atoms with Crippen molar-refractivity contribution in [3.63, 3.8) is 0 Å². The average molecular weight is 341 g/mol. The lowest BCUT2D eigenvalue weighted by molar-refractivity contribution is -0.136. The molecule has 2 rings (SSSR count). The van der Waals surface area contributed by atoms with Gasteiger partial charge in [-0.2, -0.15) is 0 Å². The second kappa shape index (κ2) is 7.63. The highest BCUT2D eigenvalue weighted by atomic mass is 35.5. The van der Waals surface area contributed by atoms with Crippen LogP contribution in [0.4, 0.5) is 4.39 Å². The summed E-state index contributed by atoms with van der Waals surface area (Å²) < 4.78 is 13.3. The van der Waals surface area contributed by atoms with Crippen molar-refractivity contribution in [2.45, 2.75) is 46.2 Å². The topological polar surface area (TPSA) is 32.3 Å². The van der Waals surface area contributed by atoms with E-state index in [1.54, 1.807) is 12.1 Å². The van der Waals surface area contributed by atoms with Crippen molar-refractivity contribution in [3.05, 3.63) is 34.6 Å². The highest BCUT2D eigenvalue weighted by Gasteiger charge is 2.30. The minimum atomic E-state index is -0.392. The number of piperidine rings is 1. The molecule has 0 bridgehead atoms. The van der Waals surface area contributed by atoms with E-state index < -0.39 is 5.82 Å². The molecular formula is C18H26ClFN2O. The molecule has 1 fully saturated rings. The largest absolute Gasteiger partial charge is 0.342 e. The minimum Gasteiger partial charge on any atom is -0.342 e. The van der Waals surface area contributed by atoms with Gasteiger partial charge in [-0.25, -0.2) is 4.39 Å². The van der Waals surface area contributed by atoms with Gasteiger partial charge in [0.25, 0.3) is 0 Å². The molecule has 3 nitrogen and oxygen atoms in total. The number of nitrogens with one attached hydrogen (secondary N) is 1. The number of amides is 1. The third kappa shape index (κ3) is 4.45. The van der Waals surface area contributed by atoms with Crippen LogP contribution in [0.15, 0.2) is 18.2 Å². The van der Waals surface area contributed by atoms with Gasteiger partial charge in [0.15, 0.2) is 0 Å². The zero-order chi connectivity index (χ0) is 17.1. The maximum absolute atomic E-state index is 13.3. The van der Waals surface area contributed by atoms with Crippen LogP contribution in [0.3, 0.4) is 0 Å². The molecular weight excluding hydrogens is 315 g/mol. The SMILES string of the molecule is CC(C)C(=O)N1CC[C@H](N[C@H](C)c2ccc(F)c(Cl)c2)[C@H](C)C1. The van der Waals surface area contributed by atoms with Crippen molar-refractivity contribution in [2.75, 3.05) is 13.1 Å². The Balaban J connectivity index is 1.96. The van der Waals surface area contributed by atoms with E-state index in [1.165, 1.54) is 6.07 Å². The Morgan fingerprint density at radius 2 is 2.09 bits per heavy atom. The normalized spacial score (nSPS) is 23.2. The molecule has 0 aliphatic carbocycles. The average Bonchev–Trinajstić information content (AvgIpc) is 2.51. The summed E-state index contributed by atoms with van der Waals surface area (Å²) in [5.74, 6) is 0.266. The van der Waals surface area contributed by atoms with Gasteiger partial charge in [0.05, 0.1) is 5.02 Å². The van der Waals surface area contributed by atoms with Gasteiger partial charge >= 0.3 is 0 Å². The first-order valence-corrected chi connectivity index (χ1v) is 8.67. The first-order valence-electron chi connectivity index (χ1n) is 8.29. The minimum absolute atomic E-state index is 0.0481. The number of nitrogens with zero attached hydrogens (tertiary/aromatic N) is 1. The fourth-order valence-electron chi connectivity index (χ4n) is 3.16. The molecule has 0 unspecified atom stereocenters. The molecule has 0 radical (unpaired) electrons. The maximum atomic E-state index is 13.3. The second-order valence-electron chi connectivity index (χ2n) is 6.87. The molecule has 1 amide bonds. The van der Waals surface area contributed by atoms with Crippen LogP contribution in [0, 0.1) is 17.7 Å². The second-order valence-corrected chi connectivity index (χ2v) is 7.28.